The molecule has 0 aliphatic carbocycles. The van der Waals surface area contributed by atoms with Crippen molar-refractivity contribution < 1.29 is 4.79 Å². The molecular formula is C9H10N6OS2. The number of carbonyl (C=O) groups excluding carboxylic acids is 1. The van der Waals surface area contributed by atoms with Crippen LogP contribution in [0.2, 0.25) is 0 Å². The molecule has 0 radical (unpaired) electrons. The molecule has 0 aliphatic rings. The van der Waals surface area contributed by atoms with Crippen molar-refractivity contribution in [1.82, 2.24) is 0 Å². The SMILES string of the molecule is N#Cc1ccsc1NC(=O)CSC(=N)N=C(N)N. The van der Waals surface area contributed by atoms with Crippen molar-refractivity contribution >= 4 is 45.1 Å². The highest BCUT2D eigenvalue weighted by Gasteiger charge is 2.09. The molecule has 6 N–H and O–H groups in total. The fourth-order valence-corrected chi connectivity index (χ4v) is 2.20. The summed E-state index contributed by atoms with van der Waals surface area (Å²) in [6.45, 7) is 0. The van der Waals surface area contributed by atoms with Crippen LogP contribution in [-0.2, 0) is 4.79 Å². The number of amides is 1. The molecule has 0 unspecified atom stereocenters. The number of hydrogen-bond acceptors (Lipinski definition) is 5. The molecule has 0 fully saturated rings. The second-order valence-corrected chi connectivity index (χ2v) is 4.83. The summed E-state index contributed by atoms with van der Waals surface area (Å²) in [5, 5.41) is 20.7. The molecule has 1 heterocycles. The molecule has 0 saturated carbocycles. The molecule has 18 heavy (non-hydrogen) atoms. The lowest BCUT2D eigenvalue weighted by atomic mass is 10.3. The standard InChI is InChI=1S/C9H10N6OS2/c10-3-5-1-2-17-7(5)14-6(16)4-18-9(13)15-8(11)12/h1-2H,4H2,(H,14,16)(H5,11,12,13,15). The van der Waals surface area contributed by atoms with E-state index in [2.05, 4.69) is 10.3 Å². The Morgan fingerprint density at radius 3 is 3.00 bits per heavy atom. The second kappa shape index (κ2) is 6.63. The third-order valence-electron chi connectivity index (χ3n) is 1.61. The Balaban J connectivity index is 2.46. The third kappa shape index (κ3) is 4.44. The summed E-state index contributed by atoms with van der Waals surface area (Å²) in [6, 6.07) is 3.58. The van der Waals surface area contributed by atoms with Crippen molar-refractivity contribution in [3.05, 3.63) is 17.0 Å². The van der Waals surface area contributed by atoms with Gasteiger partial charge in [-0.05, 0) is 11.4 Å². The first-order valence-electron chi connectivity index (χ1n) is 4.61. The molecule has 1 rings (SSSR count). The van der Waals surface area contributed by atoms with E-state index < -0.39 is 0 Å². The number of rotatable bonds is 3. The average Bonchev–Trinajstić information content (AvgIpc) is 2.72. The van der Waals surface area contributed by atoms with Crippen molar-refractivity contribution in [2.75, 3.05) is 11.1 Å². The van der Waals surface area contributed by atoms with Gasteiger partial charge in [0.1, 0.15) is 11.1 Å². The molecule has 9 heteroatoms. The van der Waals surface area contributed by atoms with E-state index in [1.54, 1.807) is 11.4 Å². The van der Waals surface area contributed by atoms with E-state index in [1.165, 1.54) is 11.3 Å². The number of carbonyl (C=O) groups is 1. The van der Waals surface area contributed by atoms with Crippen LogP contribution in [0.25, 0.3) is 0 Å². The van der Waals surface area contributed by atoms with Gasteiger partial charge in [0, 0.05) is 0 Å². The molecule has 94 valence electrons. The fourth-order valence-electron chi connectivity index (χ4n) is 0.940. The predicted octanol–water partition coefficient (Wildman–Crippen LogP) is 0.500. The van der Waals surface area contributed by atoms with Gasteiger partial charge in [-0.2, -0.15) is 10.3 Å². The van der Waals surface area contributed by atoms with E-state index in [0.29, 0.717) is 10.6 Å². The van der Waals surface area contributed by atoms with Crippen LogP contribution < -0.4 is 16.8 Å². The summed E-state index contributed by atoms with van der Waals surface area (Å²) >= 11 is 2.16. The van der Waals surface area contributed by atoms with E-state index >= 15 is 0 Å². The van der Waals surface area contributed by atoms with Gasteiger partial charge in [-0.25, -0.2) is 0 Å². The fraction of sp³-hybridized carbons (Fsp3) is 0.111. The topological polar surface area (TPSA) is 141 Å². The van der Waals surface area contributed by atoms with Gasteiger partial charge in [0.05, 0.1) is 11.3 Å². The smallest absolute Gasteiger partial charge is 0.235 e. The number of nitrogens with two attached hydrogens (primary N) is 2. The first-order chi connectivity index (χ1) is 8.52. The normalized spacial score (nSPS) is 9.28. The number of nitrogens with zero attached hydrogens (tertiary/aromatic N) is 2. The van der Waals surface area contributed by atoms with Crippen molar-refractivity contribution in [2.45, 2.75) is 0 Å². The number of thioether (sulfide) groups is 1. The number of nitrogens with one attached hydrogen (secondary N) is 2. The van der Waals surface area contributed by atoms with Crippen LogP contribution in [0, 0.1) is 16.7 Å². The zero-order valence-electron chi connectivity index (χ0n) is 9.14. The molecule has 0 bridgehead atoms. The van der Waals surface area contributed by atoms with Gasteiger partial charge in [-0.15, -0.1) is 11.3 Å². The number of guanidine groups is 1. The minimum Gasteiger partial charge on any atom is -0.370 e. The van der Waals surface area contributed by atoms with Gasteiger partial charge in [0.25, 0.3) is 0 Å². The van der Waals surface area contributed by atoms with Crippen molar-refractivity contribution in [3.8, 4) is 6.07 Å². The molecule has 1 amide bonds. The monoisotopic (exact) mass is 282 g/mol. The molecule has 7 nitrogen and oxygen atoms in total. The van der Waals surface area contributed by atoms with Crippen molar-refractivity contribution in [1.29, 1.82) is 10.7 Å². The Morgan fingerprint density at radius 2 is 2.39 bits per heavy atom. The van der Waals surface area contributed by atoms with Crippen LogP contribution in [-0.4, -0.2) is 22.8 Å². The van der Waals surface area contributed by atoms with Crippen LogP contribution in [0.3, 0.4) is 0 Å². The van der Waals surface area contributed by atoms with E-state index in [4.69, 9.17) is 22.1 Å². The predicted molar refractivity (Wildman–Crippen MR) is 73.7 cm³/mol. The first-order valence-corrected chi connectivity index (χ1v) is 6.48. The van der Waals surface area contributed by atoms with Crippen LogP contribution in [0.4, 0.5) is 5.00 Å². The van der Waals surface area contributed by atoms with E-state index in [-0.39, 0.29) is 22.8 Å². The highest BCUT2D eigenvalue weighted by Crippen LogP contribution is 2.22. The van der Waals surface area contributed by atoms with Crippen LogP contribution in [0.5, 0.6) is 0 Å². The zero-order chi connectivity index (χ0) is 13.5. The van der Waals surface area contributed by atoms with E-state index in [9.17, 15) is 4.79 Å². The average molecular weight is 282 g/mol. The molecule has 1 aromatic rings. The Labute approximate surface area is 111 Å². The minimum atomic E-state index is -0.325. The van der Waals surface area contributed by atoms with Gasteiger partial charge in [0.15, 0.2) is 11.1 Å². The van der Waals surface area contributed by atoms with Gasteiger partial charge in [-0.3, -0.25) is 10.2 Å². The third-order valence-corrected chi connectivity index (χ3v) is 3.21. The lowest BCUT2D eigenvalue weighted by Gasteiger charge is -2.02. The maximum Gasteiger partial charge on any atom is 0.235 e. The Hall–Kier alpha value is -2.05. The summed E-state index contributed by atoms with van der Waals surface area (Å²) < 4.78 is 0. The van der Waals surface area contributed by atoms with Crippen molar-refractivity contribution in [3.63, 3.8) is 0 Å². The van der Waals surface area contributed by atoms with Crippen LogP contribution in [0.15, 0.2) is 16.4 Å². The molecule has 0 spiro atoms. The lowest BCUT2D eigenvalue weighted by molar-refractivity contribution is -0.113. The van der Waals surface area contributed by atoms with Crippen LogP contribution in [0.1, 0.15) is 5.56 Å². The quantitative estimate of drug-likeness (QED) is 0.472. The number of amidine groups is 1. The summed E-state index contributed by atoms with van der Waals surface area (Å²) in [4.78, 5) is 15.0. The zero-order valence-corrected chi connectivity index (χ0v) is 10.8. The highest BCUT2D eigenvalue weighted by molar-refractivity contribution is 8.14. The summed E-state index contributed by atoms with van der Waals surface area (Å²) in [7, 11) is 0. The molecule has 0 aromatic carbocycles. The Bertz CT molecular complexity index is 525. The van der Waals surface area contributed by atoms with Crippen LogP contribution >= 0.6 is 23.1 Å². The molecular weight excluding hydrogens is 272 g/mol. The number of thiophene rings is 1. The van der Waals surface area contributed by atoms with Gasteiger partial charge < -0.3 is 16.8 Å². The minimum absolute atomic E-state index is 0.00161. The number of hydrogen-bond donors (Lipinski definition) is 4. The summed E-state index contributed by atoms with van der Waals surface area (Å²) in [6.07, 6.45) is 0. The molecule has 0 atom stereocenters. The number of anilines is 1. The van der Waals surface area contributed by atoms with Gasteiger partial charge >= 0.3 is 0 Å². The Kier molecular flexibility index (Phi) is 5.16. The maximum atomic E-state index is 11.5. The van der Waals surface area contributed by atoms with E-state index in [1.807, 2.05) is 6.07 Å². The first kappa shape index (κ1) is 14.0. The summed E-state index contributed by atoms with van der Waals surface area (Å²) in [5.74, 6) is -0.550. The highest BCUT2D eigenvalue weighted by atomic mass is 32.2. The maximum absolute atomic E-state index is 11.5. The van der Waals surface area contributed by atoms with Gasteiger partial charge in [-0.1, -0.05) is 11.8 Å². The lowest BCUT2D eigenvalue weighted by Crippen LogP contribution is -2.24. The Morgan fingerprint density at radius 1 is 1.67 bits per heavy atom. The molecule has 0 aliphatic heterocycles. The van der Waals surface area contributed by atoms with Crippen molar-refractivity contribution in [2.24, 2.45) is 16.5 Å². The largest absolute Gasteiger partial charge is 0.370 e. The van der Waals surface area contributed by atoms with Gasteiger partial charge in [0.2, 0.25) is 5.91 Å². The number of aliphatic imine (C=N–C) groups is 1. The molecule has 0 saturated heterocycles. The number of nitriles is 1. The summed E-state index contributed by atoms with van der Waals surface area (Å²) in [5.41, 5.74) is 10.6. The van der Waals surface area contributed by atoms with E-state index in [0.717, 1.165) is 11.8 Å². The second-order valence-electron chi connectivity index (χ2n) is 2.95. The molecule has 1 aromatic heterocycles.